The number of guanidine groups is 1. The van der Waals surface area contributed by atoms with E-state index in [-0.39, 0.29) is 43.6 Å². The molecule has 1 saturated heterocycles. The first-order valence-electron chi connectivity index (χ1n) is 21.1. The Kier molecular flexibility index (Phi) is 19.3. The Morgan fingerprint density at radius 2 is 1.52 bits per heavy atom. The zero-order chi connectivity index (χ0) is 44.6. The van der Waals surface area contributed by atoms with Crippen LogP contribution in [-0.4, -0.2) is 119 Å². The molecule has 1 aromatic heterocycles. The molecule has 334 valence electrons. The van der Waals surface area contributed by atoms with Crippen LogP contribution in [0.1, 0.15) is 98.0 Å². The average molecular weight is 840 g/mol. The van der Waals surface area contributed by atoms with Crippen LogP contribution in [-0.2, 0) is 35.2 Å². The molecule has 0 aliphatic carbocycles. The van der Waals surface area contributed by atoms with Crippen molar-refractivity contribution >= 4 is 52.4 Å². The minimum absolute atomic E-state index is 0.0181. The number of amides is 5. The number of unbranched alkanes of at least 4 members (excludes halogenated alkanes) is 1. The highest BCUT2D eigenvalue weighted by molar-refractivity contribution is 5.97. The molecule has 3 rings (SSSR count). The standard InChI is InChI=1S/C42H69N11O7/c1-25(2)21-32(40(59)60)51-37(56)33(23-42(3,4)5)52-36(55)31(22-26-24-48-28-14-8-7-13-27(26)28)50-38(57)34-17-12-20-53(34)39(58)30(15-9-10-18-43)49-35(54)29(46-6)16-11-19-47-41(44)45/h7-8,13-14,24-25,29-34,46,48H,9-12,15-23,43H2,1-6H3,(H,49,54)(H,50,57)(H,51,56)(H,52,55)(H,59,60)(H4,44,45,47)/t29-,30-,31-,32-,33-,34-/m0/s1. The quantitative estimate of drug-likeness (QED) is 0.0404. The smallest absolute Gasteiger partial charge is 0.326 e. The molecule has 0 radical (unpaired) electrons. The van der Waals surface area contributed by atoms with Crippen molar-refractivity contribution < 1.29 is 33.9 Å². The molecule has 1 aromatic carbocycles. The van der Waals surface area contributed by atoms with Crippen LogP contribution in [0.4, 0.5) is 0 Å². The number of carboxylic acid groups (broad SMARTS) is 1. The molecule has 0 unspecified atom stereocenters. The predicted molar refractivity (Wildman–Crippen MR) is 231 cm³/mol. The zero-order valence-corrected chi connectivity index (χ0v) is 36.1. The summed E-state index contributed by atoms with van der Waals surface area (Å²) in [5.74, 6) is -3.88. The minimum Gasteiger partial charge on any atom is -0.480 e. The molecular weight excluding hydrogens is 771 g/mol. The summed E-state index contributed by atoms with van der Waals surface area (Å²) in [5, 5.41) is 25.0. The first-order valence-corrected chi connectivity index (χ1v) is 21.1. The second kappa shape index (κ2) is 23.5. The number of H-pyrrole nitrogens is 1. The Hall–Kier alpha value is -5.23. The third-order valence-electron chi connectivity index (χ3n) is 10.5. The van der Waals surface area contributed by atoms with Gasteiger partial charge in [-0.3, -0.25) is 29.0 Å². The third kappa shape index (κ3) is 15.4. The molecule has 6 atom stereocenters. The molecule has 0 bridgehead atoms. The van der Waals surface area contributed by atoms with Crippen LogP contribution in [0.25, 0.3) is 10.9 Å². The summed E-state index contributed by atoms with van der Waals surface area (Å²) >= 11 is 0. The number of para-hydroxylation sites is 1. The lowest BCUT2D eigenvalue weighted by atomic mass is 9.87. The number of fused-ring (bicyclic) bond motifs is 1. The van der Waals surface area contributed by atoms with Crippen LogP contribution >= 0.6 is 0 Å². The van der Waals surface area contributed by atoms with Gasteiger partial charge >= 0.3 is 5.97 Å². The van der Waals surface area contributed by atoms with E-state index in [0.29, 0.717) is 58.0 Å². The fourth-order valence-corrected chi connectivity index (χ4v) is 7.49. The van der Waals surface area contributed by atoms with Crippen molar-refractivity contribution in [1.82, 2.24) is 36.5 Å². The number of nitrogens with two attached hydrogens (primary N) is 3. The van der Waals surface area contributed by atoms with Crippen molar-refractivity contribution in [2.45, 2.75) is 135 Å². The summed E-state index contributed by atoms with van der Waals surface area (Å²) in [4.78, 5) is 90.9. The number of aromatic amines is 1. The van der Waals surface area contributed by atoms with Crippen LogP contribution in [0.5, 0.6) is 0 Å². The molecule has 18 nitrogen and oxygen atoms in total. The van der Waals surface area contributed by atoms with E-state index in [4.69, 9.17) is 17.2 Å². The lowest BCUT2D eigenvalue weighted by molar-refractivity contribution is -0.143. The van der Waals surface area contributed by atoms with Crippen molar-refractivity contribution in [1.29, 1.82) is 0 Å². The number of carboxylic acids is 1. The number of aliphatic carboxylic acids is 1. The molecule has 60 heavy (non-hydrogen) atoms. The van der Waals surface area contributed by atoms with Gasteiger partial charge in [0.2, 0.25) is 29.5 Å². The number of rotatable bonds is 24. The molecule has 1 fully saturated rings. The number of aliphatic imine (C=N–C) groups is 1. The van der Waals surface area contributed by atoms with Gasteiger partial charge in [-0.1, -0.05) is 52.8 Å². The molecular formula is C42H69N11O7. The summed E-state index contributed by atoms with van der Waals surface area (Å²) in [5.41, 5.74) is 17.7. The van der Waals surface area contributed by atoms with E-state index >= 15 is 0 Å². The monoisotopic (exact) mass is 840 g/mol. The lowest BCUT2D eigenvalue weighted by Gasteiger charge is -2.31. The number of nitrogens with zero attached hydrogens (tertiary/aromatic N) is 2. The van der Waals surface area contributed by atoms with E-state index in [1.54, 1.807) is 13.2 Å². The molecule has 0 saturated carbocycles. The fourth-order valence-electron chi connectivity index (χ4n) is 7.49. The van der Waals surface area contributed by atoms with Crippen molar-refractivity contribution in [3.8, 4) is 0 Å². The summed E-state index contributed by atoms with van der Waals surface area (Å²) in [6.45, 7) is 10.4. The molecule has 0 spiro atoms. The van der Waals surface area contributed by atoms with Gasteiger partial charge in [0, 0.05) is 36.6 Å². The van der Waals surface area contributed by atoms with Crippen molar-refractivity contribution in [3.63, 3.8) is 0 Å². The van der Waals surface area contributed by atoms with Gasteiger partial charge in [-0.2, -0.15) is 0 Å². The van der Waals surface area contributed by atoms with E-state index in [1.165, 1.54) is 4.90 Å². The van der Waals surface area contributed by atoms with Gasteiger partial charge in [-0.25, -0.2) is 4.79 Å². The van der Waals surface area contributed by atoms with Crippen molar-refractivity contribution in [3.05, 3.63) is 36.0 Å². The lowest BCUT2D eigenvalue weighted by Crippen LogP contribution is -2.59. The molecule has 13 N–H and O–H groups in total. The second-order valence-electron chi connectivity index (χ2n) is 17.3. The van der Waals surface area contributed by atoms with E-state index in [9.17, 15) is 33.9 Å². The topological polar surface area (TPSA) is 292 Å². The Morgan fingerprint density at radius 3 is 2.15 bits per heavy atom. The average Bonchev–Trinajstić information content (AvgIpc) is 3.83. The SMILES string of the molecule is CN[C@@H](CCCN=C(N)N)C(=O)N[C@@H](CCCCN)C(=O)N1CCC[C@H]1C(=O)N[C@@H](Cc1c[nH]c2ccccc12)C(=O)N[C@@H](CC(C)(C)C)C(=O)N[C@@H](CC(C)C)C(=O)O. The number of nitrogens with one attached hydrogen (secondary N) is 6. The van der Waals surface area contributed by atoms with Gasteiger partial charge < -0.3 is 58.8 Å². The highest BCUT2D eigenvalue weighted by Crippen LogP contribution is 2.24. The maximum absolute atomic E-state index is 14.4. The van der Waals surface area contributed by atoms with Crippen molar-refractivity contribution in [2.75, 3.05) is 26.7 Å². The molecule has 2 aromatic rings. The maximum atomic E-state index is 14.4. The highest BCUT2D eigenvalue weighted by atomic mass is 16.4. The molecule has 1 aliphatic heterocycles. The van der Waals surface area contributed by atoms with Crippen LogP contribution in [0.2, 0.25) is 0 Å². The second-order valence-corrected chi connectivity index (χ2v) is 17.3. The Bertz CT molecular complexity index is 1790. The minimum atomic E-state index is -1.19. The molecule has 2 heterocycles. The van der Waals surface area contributed by atoms with Gasteiger partial charge in [-0.15, -0.1) is 0 Å². The summed E-state index contributed by atoms with van der Waals surface area (Å²) < 4.78 is 0. The zero-order valence-electron chi connectivity index (χ0n) is 36.1. The van der Waals surface area contributed by atoms with Crippen LogP contribution in [0.3, 0.4) is 0 Å². The maximum Gasteiger partial charge on any atom is 0.326 e. The summed E-state index contributed by atoms with van der Waals surface area (Å²) in [6.07, 6.45) is 5.46. The normalized spacial score (nSPS) is 16.7. The number of benzene rings is 1. The van der Waals surface area contributed by atoms with E-state index in [1.807, 2.05) is 58.9 Å². The van der Waals surface area contributed by atoms with Gasteiger partial charge in [0.05, 0.1) is 6.04 Å². The predicted octanol–water partition coefficient (Wildman–Crippen LogP) is 0.978. The molecule has 18 heteroatoms. The van der Waals surface area contributed by atoms with Crippen molar-refractivity contribution in [2.24, 2.45) is 33.5 Å². The number of aromatic nitrogens is 1. The summed E-state index contributed by atoms with van der Waals surface area (Å²) in [7, 11) is 1.65. The number of carbonyl (C=O) groups is 6. The highest BCUT2D eigenvalue weighted by Gasteiger charge is 2.40. The van der Waals surface area contributed by atoms with E-state index in [2.05, 4.69) is 36.6 Å². The Balaban J connectivity index is 1.90. The number of hydrogen-bond donors (Lipinski definition) is 10. The Morgan fingerprint density at radius 1 is 0.883 bits per heavy atom. The first-order chi connectivity index (χ1) is 28.3. The van der Waals surface area contributed by atoms with E-state index in [0.717, 1.165) is 16.5 Å². The number of likely N-dealkylation sites (tertiary alicyclic amines) is 1. The van der Waals surface area contributed by atoms with Crippen LogP contribution < -0.4 is 43.8 Å². The van der Waals surface area contributed by atoms with Gasteiger partial charge in [-0.05, 0) is 94.3 Å². The van der Waals surface area contributed by atoms with Crippen LogP contribution in [0, 0.1) is 11.3 Å². The number of hydrogen-bond acceptors (Lipinski definition) is 9. The van der Waals surface area contributed by atoms with Gasteiger partial charge in [0.25, 0.3) is 0 Å². The fraction of sp³-hybridized carbons (Fsp3) is 0.643. The number of carbonyl (C=O) groups excluding carboxylic acids is 5. The molecule has 5 amide bonds. The Labute approximate surface area is 353 Å². The third-order valence-corrected chi connectivity index (χ3v) is 10.5. The molecule has 1 aliphatic rings. The number of likely N-dealkylation sites (N-methyl/N-ethyl adjacent to an activating group) is 1. The van der Waals surface area contributed by atoms with Gasteiger partial charge in [0.15, 0.2) is 5.96 Å². The van der Waals surface area contributed by atoms with Crippen LogP contribution in [0.15, 0.2) is 35.5 Å². The van der Waals surface area contributed by atoms with Gasteiger partial charge in [0.1, 0.15) is 30.2 Å². The first kappa shape index (κ1) is 49.1. The van der Waals surface area contributed by atoms with E-state index < -0.39 is 71.3 Å². The largest absolute Gasteiger partial charge is 0.480 e. The summed E-state index contributed by atoms with van der Waals surface area (Å²) in [6, 6.07) is 1.56.